The van der Waals surface area contributed by atoms with E-state index >= 15 is 0 Å². The van der Waals surface area contributed by atoms with Gasteiger partial charge in [-0.2, -0.15) is 4.68 Å². The summed E-state index contributed by atoms with van der Waals surface area (Å²) >= 11 is 0. The minimum Gasteiger partial charge on any atom is -0.494 e. The molecule has 3 aromatic rings. The first-order valence-corrected chi connectivity index (χ1v) is 12.4. The molecule has 188 valence electrons. The Hall–Kier alpha value is -3.81. The van der Waals surface area contributed by atoms with Crippen molar-refractivity contribution in [1.82, 2.24) is 15.0 Å². The molecule has 3 atom stereocenters. The van der Waals surface area contributed by atoms with Gasteiger partial charge in [0, 0.05) is 23.1 Å². The van der Waals surface area contributed by atoms with Gasteiger partial charge in [-0.1, -0.05) is 43.2 Å². The molecule has 1 fully saturated rings. The van der Waals surface area contributed by atoms with Gasteiger partial charge in [0.1, 0.15) is 11.3 Å². The molecule has 8 nitrogen and oxygen atoms in total. The number of carboxylic acid groups (broad SMARTS) is 1. The van der Waals surface area contributed by atoms with Crippen LogP contribution in [0.25, 0.3) is 16.6 Å². The number of unbranched alkanes of at least 4 members (excludes halogenated alkanes) is 2. The van der Waals surface area contributed by atoms with E-state index in [9.17, 15) is 19.5 Å². The summed E-state index contributed by atoms with van der Waals surface area (Å²) in [6.07, 6.45) is 3.96. The number of hydrogen-bond donors (Lipinski definition) is 1. The Balaban J connectivity index is 1.54. The highest BCUT2D eigenvalue weighted by Gasteiger charge is 2.46. The number of Topliss-reactive ketones (excluding diaryl/α,β-unsaturated/α-hetero) is 1. The molecule has 1 aliphatic carbocycles. The Bertz CT molecular complexity index is 1350. The Morgan fingerprint density at radius 1 is 1.11 bits per heavy atom. The first kappa shape index (κ1) is 25.3. The summed E-state index contributed by atoms with van der Waals surface area (Å²) in [5, 5.41) is 18.6. The van der Waals surface area contributed by atoms with Crippen molar-refractivity contribution in [2.24, 2.45) is 17.8 Å². The van der Waals surface area contributed by atoms with Crippen molar-refractivity contribution in [2.45, 2.75) is 46.0 Å². The number of ether oxygens (including phenoxy) is 1. The summed E-state index contributed by atoms with van der Waals surface area (Å²) in [6.45, 7) is 8.63. The molecule has 1 saturated carbocycles. The maximum Gasteiger partial charge on any atom is 0.307 e. The van der Waals surface area contributed by atoms with Crippen molar-refractivity contribution in [2.75, 3.05) is 6.61 Å². The highest BCUT2D eigenvalue weighted by molar-refractivity contribution is 6.00. The summed E-state index contributed by atoms with van der Waals surface area (Å²) in [5.74, 6) is -3.01. The highest BCUT2D eigenvalue weighted by Crippen LogP contribution is 2.43. The van der Waals surface area contributed by atoms with Crippen molar-refractivity contribution in [3.8, 4) is 5.75 Å². The number of aromatic nitrogens is 3. The van der Waals surface area contributed by atoms with Gasteiger partial charge in [0.2, 0.25) is 0 Å². The van der Waals surface area contributed by atoms with Crippen LogP contribution < -0.4 is 10.3 Å². The van der Waals surface area contributed by atoms with Gasteiger partial charge < -0.3 is 9.84 Å². The quantitative estimate of drug-likeness (QED) is 0.323. The lowest BCUT2D eigenvalue weighted by molar-refractivity contribution is -0.143. The summed E-state index contributed by atoms with van der Waals surface area (Å²) in [6, 6.07) is 12.1. The standard InChI is InChI=1S/C28H31N3O5/c1-4-5-6-15-36-20-10-8-19(9-11-20)26(32)22-13-12-21(25(22)28(34)35)18(3)31-27(33)23-16-17(2)7-14-24(23)29-30-31/h7-11,14,16,21-22,25H,3-6,12-13,15H2,1-2H3,(H,34,35). The topological polar surface area (TPSA) is 111 Å². The number of nitrogens with zero attached hydrogens (tertiary/aromatic N) is 3. The number of fused-ring (bicyclic) bond motifs is 1. The second-order valence-electron chi connectivity index (χ2n) is 9.42. The zero-order valence-electron chi connectivity index (χ0n) is 20.6. The molecule has 4 rings (SSSR count). The summed E-state index contributed by atoms with van der Waals surface area (Å²) in [5.41, 5.74) is 1.65. The average Bonchev–Trinajstić information content (AvgIpc) is 3.32. The number of ketones is 1. The number of aliphatic carboxylic acids is 1. The van der Waals surface area contributed by atoms with Crippen LogP contribution in [-0.4, -0.2) is 38.5 Å². The molecule has 3 unspecified atom stereocenters. The van der Waals surface area contributed by atoms with E-state index in [4.69, 9.17) is 4.74 Å². The number of carboxylic acids is 1. The molecular formula is C28H31N3O5. The van der Waals surface area contributed by atoms with Gasteiger partial charge >= 0.3 is 5.97 Å². The SMILES string of the molecule is C=C(C1CCC(C(=O)c2ccc(OCCCCC)cc2)C1C(=O)O)n1nnc2ccc(C)cc2c1=O. The molecular weight excluding hydrogens is 458 g/mol. The predicted molar refractivity (Wildman–Crippen MR) is 137 cm³/mol. The van der Waals surface area contributed by atoms with Gasteiger partial charge in [-0.3, -0.25) is 14.4 Å². The number of hydrogen-bond acceptors (Lipinski definition) is 6. The smallest absolute Gasteiger partial charge is 0.307 e. The van der Waals surface area contributed by atoms with Crippen molar-refractivity contribution < 1.29 is 19.4 Å². The number of benzene rings is 2. The molecule has 0 radical (unpaired) electrons. The second kappa shape index (κ2) is 10.8. The predicted octanol–water partition coefficient (Wildman–Crippen LogP) is 4.75. The fourth-order valence-corrected chi connectivity index (χ4v) is 4.98. The molecule has 2 aromatic carbocycles. The van der Waals surface area contributed by atoms with E-state index in [-0.39, 0.29) is 11.5 Å². The van der Waals surface area contributed by atoms with Crippen molar-refractivity contribution in [3.05, 3.63) is 70.5 Å². The third-order valence-electron chi connectivity index (χ3n) is 6.95. The van der Waals surface area contributed by atoms with Crippen molar-refractivity contribution in [3.63, 3.8) is 0 Å². The maximum atomic E-state index is 13.3. The van der Waals surface area contributed by atoms with Crippen LogP contribution >= 0.6 is 0 Å². The molecule has 1 aliphatic rings. The minimum absolute atomic E-state index is 0.234. The fraction of sp³-hybridized carbons (Fsp3) is 0.393. The second-order valence-corrected chi connectivity index (χ2v) is 9.42. The number of carbonyl (C=O) groups is 2. The fourth-order valence-electron chi connectivity index (χ4n) is 4.98. The monoisotopic (exact) mass is 489 g/mol. The lowest BCUT2D eigenvalue weighted by Crippen LogP contribution is -2.33. The Morgan fingerprint density at radius 2 is 1.83 bits per heavy atom. The molecule has 36 heavy (non-hydrogen) atoms. The summed E-state index contributed by atoms with van der Waals surface area (Å²) in [7, 11) is 0. The van der Waals surface area contributed by atoms with Gasteiger partial charge in [-0.05, 0) is 62.6 Å². The normalized spacial score (nSPS) is 19.3. The van der Waals surface area contributed by atoms with Crippen molar-refractivity contribution in [1.29, 1.82) is 0 Å². The van der Waals surface area contributed by atoms with E-state index in [1.165, 1.54) is 0 Å². The van der Waals surface area contributed by atoms with Gasteiger partial charge in [-0.15, -0.1) is 5.10 Å². The Labute approximate surface area is 209 Å². The van der Waals surface area contributed by atoms with Gasteiger partial charge in [-0.25, -0.2) is 0 Å². The van der Waals surface area contributed by atoms with Crippen LogP contribution in [0.2, 0.25) is 0 Å². The zero-order chi connectivity index (χ0) is 25.8. The van der Waals surface area contributed by atoms with E-state index in [0.29, 0.717) is 41.7 Å². The van der Waals surface area contributed by atoms with Gasteiger partial charge in [0.15, 0.2) is 5.78 Å². The molecule has 1 N–H and O–H groups in total. The van der Waals surface area contributed by atoms with Crippen LogP contribution in [-0.2, 0) is 4.79 Å². The summed E-state index contributed by atoms with van der Waals surface area (Å²) in [4.78, 5) is 38.8. The highest BCUT2D eigenvalue weighted by atomic mass is 16.5. The van der Waals surface area contributed by atoms with E-state index in [0.717, 1.165) is 29.5 Å². The number of aryl methyl sites for hydroxylation is 1. The van der Waals surface area contributed by atoms with Gasteiger partial charge in [0.05, 0.1) is 17.9 Å². The molecule has 0 bridgehead atoms. The molecule has 0 amide bonds. The molecule has 8 heteroatoms. The molecule has 1 aromatic heterocycles. The Kier molecular flexibility index (Phi) is 7.62. The largest absolute Gasteiger partial charge is 0.494 e. The maximum absolute atomic E-state index is 13.3. The molecule has 1 heterocycles. The minimum atomic E-state index is -1.09. The summed E-state index contributed by atoms with van der Waals surface area (Å²) < 4.78 is 6.80. The van der Waals surface area contributed by atoms with E-state index in [2.05, 4.69) is 23.8 Å². The van der Waals surface area contributed by atoms with Crippen LogP contribution in [0.5, 0.6) is 5.75 Å². The number of carbonyl (C=O) groups excluding carboxylic acids is 1. The molecule has 0 spiro atoms. The Morgan fingerprint density at radius 3 is 2.53 bits per heavy atom. The van der Waals surface area contributed by atoms with Crippen molar-refractivity contribution >= 4 is 28.4 Å². The lowest BCUT2D eigenvalue weighted by Gasteiger charge is -2.22. The lowest BCUT2D eigenvalue weighted by atomic mass is 9.83. The third kappa shape index (κ3) is 5.08. The van der Waals surface area contributed by atoms with E-state index in [1.807, 2.05) is 13.0 Å². The first-order chi connectivity index (χ1) is 17.3. The molecule has 0 aliphatic heterocycles. The van der Waals surface area contributed by atoms with Crippen LogP contribution in [0.4, 0.5) is 0 Å². The van der Waals surface area contributed by atoms with E-state index in [1.54, 1.807) is 36.4 Å². The third-order valence-corrected chi connectivity index (χ3v) is 6.95. The molecule has 0 saturated heterocycles. The van der Waals surface area contributed by atoms with E-state index < -0.39 is 29.3 Å². The number of allylic oxidation sites excluding steroid dienone is 1. The zero-order valence-corrected chi connectivity index (χ0v) is 20.6. The average molecular weight is 490 g/mol. The first-order valence-electron chi connectivity index (χ1n) is 12.4. The van der Waals surface area contributed by atoms with Crippen LogP contribution in [0.15, 0.2) is 53.8 Å². The number of rotatable bonds is 10. The van der Waals surface area contributed by atoms with Crippen LogP contribution in [0, 0.1) is 24.7 Å². The van der Waals surface area contributed by atoms with Gasteiger partial charge in [0.25, 0.3) is 5.56 Å². The van der Waals surface area contributed by atoms with Crippen LogP contribution in [0.1, 0.15) is 54.9 Å². The van der Waals surface area contributed by atoms with Crippen LogP contribution in [0.3, 0.4) is 0 Å².